The zero-order chi connectivity index (χ0) is 21.8. The maximum absolute atomic E-state index is 13.9. The third-order valence-corrected chi connectivity index (χ3v) is 5.74. The highest BCUT2D eigenvalue weighted by atomic mass is 19.1. The van der Waals surface area contributed by atoms with Crippen molar-refractivity contribution in [3.63, 3.8) is 0 Å². The van der Waals surface area contributed by atoms with E-state index in [9.17, 15) is 4.39 Å². The van der Waals surface area contributed by atoms with E-state index >= 15 is 0 Å². The number of morpholine rings is 1. The van der Waals surface area contributed by atoms with Crippen molar-refractivity contribution in [1.29, 1.82) is 0 Å². The monoisotopic (exact) mass is 435 g/mol. The quantitative estimate of drug-likeness (QED) is 0.620. The summed E-state index contributed by atoms with van der Waals surface area (Å²) in [6.45, 7) is 6.07. The van der Waals surface area contributed by atoms with E-state index in [1.54, 1.807) is 6.07 Å². The Bertz CT molecular complexity index is 1050. The molecule has 2 aliphatic rings. The summed E-state index contributed by atoms with van der Waals surface area (Å²) in [4.78, 5) is 25.3. The Labute approximate surface area is 186 Å². The first-order valence-electron chi connectivity index (χ1n) is 11.0. The first kappa shape index (κ1) is 20.6. The number of rotatable bonds is 4. The van der Waals surface area contributed by atoms with Crippen LogP contribution < -0.4 is 14.7 Å². The molecule has 2 aromatic heterocycles. The number of halogens is 1. The van der Waals surface area contributed by atoms with Gasteiger partial charge < -0.3 is 19.4 Å². The third-order valence-electron chi connectivity index (χ3n) is 5.74. The van der Waals surface area contributed by atoms with Gasteiger partial charge in [0.25, 0.3) is 0 Å². The van der Waals surface area contributed by atoms with Crippen LogP contribution in [0, 0.1) is 5.82 Å². The molecule has 0 N–H and O–H groups in total. The normalized spacial score (nSPS) is 17.3. The van der Waals surface area contributed by atoms with Crippen LogP contribution in [-0.4, -0.2) is 72.4 Å². The number of ether oxygens (including phenoxy) is 1. The molecule has 8 nitrogen and oxygen atoms in total. The van der Waals surface area contributed by atoms with E-state index in [-0.39, 0.29) is 5.82 Å². The second-order valence-corrected chi connectivity index (χ2v) is 7.88. The molecule has 0 atom stereocenters. The van der Waals surface area contributed by atoms with Crippen molar-refractivity contribution in [2.45, 2.75) is 6.42 Å². The van der Waals surface area contributed by atoms with Crippen LogP contribution in [-0.2, 0) is 4.74 Å². The number of benzene rings is 1. The fourth-order valence-electron chi connectivity index (χ4n) is 4.04. The zero-order valence-corrected chi connectivity index (χ0v) is 17.9. The van der Waals surface area contributed by atoms with E-state index in [0.29, 0.717) is 36.5 Å². The molecule has 2 aliphatic heterocycles. The topological polar surface area (TPSA) is 70.5 Å². The molecule has 0 unspecified atom stereocenters. The molecule has 0 spiro atoms. The maximum atomic E-state index is 13.9. The van der Waals surface area contributed by atoms with Crippen LogP contribution in [0.25, 0.3) is 11.4 Å². The number of nitrogens with zero attached hydrogens (tertiary/aromatic N) is 7. The van der Waals surface area contributed by atoms with Gasteiger partial charge in [0.15, 0.2) is 5.82 Å². The summed E-state index contributed by atoms with van der Waals surface area (Å²) in [6, 6.07) is 12.4. The standard InChI is InChI=1S/C23H26FN7O/c24-19-6-3-5-18(17-19)21-26-22(28-23(27-21)31-13-15-32-16-14-31)30-10-4-9-29(11-12-30)20-7-1-2-8-25-20/h1-3,5-8,17H,4,9-16H2. The molecule has 5 rings (SSSR count). The molecule has 9 heteroatoms. The number of hydrogen-bond acceptors (Lipinski definition) is 8. The van der Waals surface area contributed by atoms with Crippen molar-refractivity contribution in [3.05, 3.63) is 54.5 Å². The van der Waals surface area contributed by atoms with E-state index in [1.807, 2.05) is 30.5 Å². The molecule has 2 fully saturated rings. The highest BCUT2D eigenvalue weighted by Crippen LogP contribution is 2.24. The van der Waals surface area contributed by atoms with Crippen LogP contribution in [0.2, 0.25) is 0 Å². The Morgan fingerprint density at radius 3 is 2.25 bits per heavy atom. The molecule has 0 amide bonds. The molecule has 0 radical (unpaired) electrons. The lowest BCUT2D eigenvalue weighted by Gasteiger charge is -2.28. The average molecular weight is 436 g/mol. The Morgan fingerprint density at radius 1 is 0.750 bits per heavy atom. The fraction of sp³-hybridized carbons (Fsp3) is 0.391. The van der Waals surface area contributed by atoms with Gasteiger partial charge in [0.1, 0.15) is 11.6 Å². The lowest BCUT2D eigenvalue weighted by atomic mass is 10.2. The minimum absolute atomic E-state index is 0.307. The highest BCUT2D eigenvalue weighted by Gasteiger charge is 2.22. The molecule has 0 aliphatic carbocycles. The molecule has 166 valence electrons. The fourth-order valence-corrected chi connectivity index (χ4v) is 4.04. The lowest BCUT2D eigenvalue weighted by molar-refractivity contribution is 0.122. The SMILES string of the molecule is Fc1cccc(-c2nc(N3CCOCC3)nc(N3CCCN(c4ccccn4)CC3)n2)c1. The van der Waals surface area contributed by atoms with Crippen LogP contribution in [0.3, 0.4) is 0 Å². The molecule has 4 heterocycles. The zero-order valence-electron chi connectivity index (χ0n) is 17.9. The van der Waals surface area contributed by atoms with E-state index in [4.69, 9.17) is 14.7 Å². The van der Waals surface area contributed by atoms with E-state index < -0.39 is 0 Å². The molecule has 32 heavy (non-hydrogen) atoms. The molecular formula is C23H26FN7O. The smallest absolute Gasteiger partial charge is 0.230 e. The first-order chi connectivity index (χ1) is 15.8. The van der Waals surface area contributed by atoms with Crippen LogP contribution >= 0.6 is 0 Å². The van der Waals surface area contributed by atoms with Crippen LogP contribution in [0.5, 0.6) is 0 Å². The van der Waals surface area contributed by atoms with Crippen molar-refractivity contribution >= 4 is 17.7 Å². The maximum Gasteiger partial charge on any atom is 0.230 e. The van der Waals surface area contributed by atoms with Crippen LogP contribution in [0.4, 0.5) is 22.1 Å². The average Bonchev–Trinajstić information content (AvgIpc) is 3.11. The number of hydrogen-bond donors (Lipinski definition) is 0. The summed E-state index contributed by atoms with van der Waals surface area (Å²) in [5.74, 6) is 2.41. The summed E-state index contributed by atoms with van der Waals surface area (Å²) in [5.41, 5.74) is 0.646. The van der Waals surface area contributed by atoms with Crippen molar-refractivity contribution in [3.8, 4) is 11.4 Å². The Balaban J connectivity index is 1.45. The van der Waals surface area contributed by atoms with Gasteiger partial charge in [0, 0.05) is 51.0 Å². The Hall–Kier alpha value is -3.33. The van der Waals surface area contributed by atoms with Crippen LogP contribution in [0.15, 0.2) is 48.7 Å². The van der Waals surface area contributed by atoms with Gasteiger partial charge in [-0.2, -0.15) is 15.0 Å². The van der Waals surface area contributed by atoms with Gasteiger partial charge in [-0.05, 0) is 30.7 Å². The van der Waals surface area contributed by atoms with Crippen molar-refractivity contribution in [1.82, 2.24) is 19.9 Å². The third kappa shape index (κ3) is 4.62. The Morgan fingerprint density at radius 2 is 1.50 bits per heavy atom. The summed E-state index contributed by atoms with van der Waals surface area (Å²) in [5, 5.41) is 0. The van der Waals surface area contributed by atoms with E-state index in [2.05, 4.69) is 24.7 Å². The minimum atomic E-state index is -0.307. The molecule has 1 aromatic carbocycles. The molecule has 0 bridgehead atoms. The summed E-state index contributed by atoms with van der Waals surface area (Å²) in [6.07, 6.45) is 2.79. The predicted molar refractivity (Wildman–Crippen MR) is 122 cm³/mol. The predicted octanol–water partition coefficient (Wildman–Crippen LogP) is 2.63. The van der Waals surface area contributed by atoms with E-state index in [0.717, 1.165) is 51.5 Å². The van der Waals surface area contributed by atoms with Gasteiger partial charge in [-0.3, -0.25) is 0 Å². The highest BCUT2D eigenvalue weighted by molar-refractivity contribution is 5.59. The number of anilines is 3. The van der Waals surface area contributed by atoms with Crippen LogP contribution in [0.1, 0.15) is 6.42 Å². The Kier molecular flexibility index (Phi) is 6.06. The second kappa shape index (κ2) is 9.44. The van der Waals surface area contributed by atoms with Gasteiger partial charge in [-0.1, -0.05) is 18.2 Å². The number of aromatic nitrogens is 4. The largest absolute Gasteiger partial charge is 0.378 e. The number of pyridine rings is 1. The van der Waals surface area contributed by atoms with Crippen molar-refractivity contribution in [2.24, 2.45) is 0 Å². The van der Waals surface area contributed by atoms with Gasteiger partial charge in [0.05, 0.1) is 13.2 Å². The molecular weight excluding hydrogens is 409 g/mol. The van der Waals surface area contributed by atoms with E-state index in [1.165, 1.54) is 12.1 Å². The summed E-state index contributed by atoms with van der Waals surface area (Å²) >= 11 is 0. The minimum Gasteiger partial charge on any atom is -0.378 e. The second-order valence-electron chi connectivity index (χ2n) is 7.88. The van der Waals surface area contributed by atoms with Gasteiger partial charge in [0.2, 0.25) is 11.9 Å². The molecule has 2 saturated heterocycles. The van der Waals surface area contributed by atoms with Crippen molar-refractivity contribution in [2.75, 3.05) is 67.2 Å². The molecule has 3 aromatic rings. The van der Waals surface area contributed by atoms with Crippen molar-refractivity contribution < 1.29 is 9.13 Å². The molecule has 0 saturated carbocycles. The summed E-state index contributed by atoms with van der Waals surface area (Å²) < 4.78 is 19.4. The first-order valence-corrected chi connectivity index (χ1v) is 11.0. The lowest BCUT2D eigenvalue weighted by Crippen LogP contribution is -2.38. The van der Waals surface area contributed by atoms with Gasteiger partial charge >= 0.3 is 0 Å². The van der Waals surface area contributed by atoms with Gasteiger partial charge in [-0.25, -0.2) is 9.37 Å². The summed E-state index contributed by atoms with van der Waals surface area (Å²) in [7, 11) is 0. The van der Waals surface area contributed by atoms with Gasteiger partial charge in [-0.15, -0.1) is 0 Å².